The molecule has 9 rings (SSSR count). The van der Waals surface area contributed by atoms with Gasteiger partial charge in [0.15, 0.2) is 12.3 Å². The molecule has 0 bridgehead atoms. The summed E-state index contributed by atoms with van der Waals surface area (Å²) in [6.45, 7) is 3.91. The van der Waals surface area contributed by atoms with Crippen LogP contribution >= 0.6 is 0 Å². The summed E-state index contributed by atoms with van der Waals surface area (Å²) in [5, 5.41) is 14.7. The van der Waals surface area contributed by atoms with E-state index in [0.717, 1.165) is 47.4 Å². The molecule has 7 aromatic carbocycles. The summed E-state index contributed by atoms with van der Waals surface area (Å²) in [6.07, 6.45) is 13.0. The van der Waals surface area contributed by atoms with Crippen molar-refractivity contribution >= 4 is 51.1 Å². The highest BCUT2D eigenvalue weighted by molar-refractivity contribution is 6.09. The van der Waals surface area contributed by atoms with Crippen molar-refractivity contribution in [3.63, 3.8) is 0 Å². The number of hydrogen-bond donors (Lipinski definition) is 1. The molecular weight excluding hydrogens is 777 g/mol. The van der Waals surface area contributed by atoms with Gasteiger partial charge in [-0.25, -0.2) is 0 Å². The molecule has 0 spiro atoms. The van der Waals surface area contributed by atoms with Crippen molar-refractivity contribution in [2.24, 2.45) is 0 Å². The summed E-state index contributed by atoms with van der Waals surface area (Å²) in [7, 11) is 0. The van der Waals surface area contributed by atoms with Crippen molar-refractivity contribution in [1.29, 1.82) is 0 Å². The molecule has 6 heteroatoms. The lowest BCUT2D eigenvalue weighted by Gasteiger charge is -2.31. The Balaban J connectivity index is 1.19. The third kappa shape index (κ3) is 8.01. The quantitative estimate of drug-likeness (QED) is 0.0455. The van der Waals surface area contributed by atoms with Gasteiger partial charge in [-0.15, -0.1) is 0 Å². The second-order valence-corrected chi connectivity index (χ2v) is 16.9. The SMILES string of the molecule is CC1(Cc2ccccc2)\C(=C/C=C/C=C/C2=[N+](CCOC=O)c3ccc4ccccc4c3C2(Cc2ccccc2)Cc2ccccc2)N(CCC(=O)O)c2ccc3ccccc3c21. The zero-order chi connectivity index (χ0) is 43.2. The Labute approximate surface area is 369 Å². The first kappa shape index (κ1) is 41.1. The lowest BCUT2D eigenvalue weighted by atomic mass is 9.68. The molecule has 0 saturated heterocycles. The first-order valence-electron chi connectivity index (χ1n) is 21.8. The molecule has 2 heterocycles. The van der Waals surface area contributed by atoms with Gasteiger partial charge in [0, 0.05) is 41.1 Å². The molecule has 0 fully saturated rings. The van der Waals surface area contributed by atoms with Crippen molar-refractivity contribution < 1.29 is 24.0 Å². The van der Waals surface area contributed by atoms with Gasteiger partial charge < -0.3 is 14.7 Å². The number of hydrogen-bond acceptors (Lipinski definition) is 4. The fourth-order valence-electron chi connectivity index (χ4n) is 10.4. The Kier molecular flexibility index (Phi) is 11.7. The predicted molar refractivity (Wildman–Crippen MR) is 255 cm³/mol. The fraction of sp³-hybridized carbons (Fsp3) is 0.175. The highest BCUT2D eigenvalue weighted by Gasteiger charge is 2.52. The number of carbonyl (C=O) groups excluding carboxylic acids is 1. The van der Waals surface area contributed by atoms with Crippen LogP contribution in [0.2, 0.25) is 0 Å². The van der Waals surface area contributed by atoms with Gasteiger partial charge in [-0.05, 0) is 88.2 Å². The van der Waals surface area contributed by atoms with Gasteiger partial charge in [0.1, 0.15) is 6.61 Å². The molecule has 2 aliphatic rings. The van der Waals surface area contributed by atoms with Crippen molar-refractivity contribution in [2.45, 2.75) is 43.4 Å². The van der Waals surface area contributed by atoms with Crippen LogP contribution in [-0.2, 0) is 44.4 Å². The standard InChI is InChI=1S/C57H50N2O4/c1-56(38-42-18-6-2-7-19-42)51(58(35-34-53(61)62)49-32-30-45-24-14-16-26-47(45)54(49)56)28-12-5-13-29-52-57(39-43-20-8-3-9-21-43,40-44-22-10-4-11-23-44)55-48-27-17-15-25-46(48)31-33-50(55)59(52)36-37-63-41-60/h2-33,41H,34-40H2,1H3/p+1. The van der Waals surface area contributed by atoms with Crippen LogP contribution in [0.15, 0.2) is 200 Å². The second-order valence-electron chi connectivity index (χ2n) is 16.9. The van der Waals surface area contributed by atoms with Crippen molar-refractivity contribution in [3.05, 3.63) is 228 Å². The number of carboxylic acid groups (broad SMARTS) is 1. The molecule has 7 aromatic rings. The minimum Gasteiger partial charge on any atom is -0.481 e. The second kappa shape index (κ2) is 18.0. The highest BCUT2D eigenvalue weighted by atomic mass is 16.5. The van der Waals surface area contributed by atoms with Crippen LogP contribution in [0.3, 0.4) is 0 Å². The minimum absolute atomic E-state index is 0.0107. The minimum atomic E-state index is -0.827. The van der Waals surface area contributed by atoms with Crippen LogP contribution in [0.5, 0.6) is 0 Å². The maximum absolute atomic E-state index is 12.1. The molecular formula is C57H51N2O4+. The summed E-state index contributed by atoms with van der Waals surface area (Å²) < 4.78 is 7.74. The number of carbonyl (C=O) groups is 2. The maximum Gasteiger partial charge on any atom is 0.305 e. The van der Waals surface area contributed by atoms with Crippen LogP contribution in [-0.4, -0.2) is 47.5 Å². The van der Waals surface area contributed by atoms with Crippen LogP contribution in [0.4, 0.5) is 11.4 Å². The molecule has 6 nitrogen and oxygen atoms in total. The average Bonchev–Trinajstić information content (AvgIpc) is 3.70. The van der Waals surface area contributed by atoms with Crippen molar-refractivity contribution in [3.8, 4) is 0 Å². The smallest absolute Gasteiger partial charge is 0.305 e. The monoisotopic (exact) mass is 827 g/mol. The number of aliphatic carboxylic acids is 1. The summed E-state index contributed by atoms with van der Waals surface area (Å²) >= 11 is 0. The van der Waals surface area contributed by atoms with Gasteiger partial charge in [0.2, 0.25) is 5.69 Å². The first-order chi connectivity index (χ1) is 30.9. The molecule has 1 unspecified atom stereocenters. The number of benzene rings is 7. The normalized spacial score (nSPS) is 17.3. The molecule has 2 aliphatic heterocycles. The van der Waals surface area contributed by atoms with Crippen LogP contribution < -0.4 is 4.90 Å². The van der Waals surface area contributed by atoms with Gasteiger partial charge in [0.25, 0.3) is 6.47 Å². The maximum atomic E-state index is 12.1. The van der Waals surface area contributed by atoms with E-state index < -0.39 is 16.8 Å². The molecule has 0 aliphatic carbocycles. The zero-order valence-corrected chi connectivity index (χ0v) is 35.6. The Morgan fingerprint density at radius 3 is 1.81 bits per heavy atom. The number of ether oxygens (including phenoxy) is 1. The van der Waals surface area contributed by atoms with Crippen molar-refractivity contribution in [1.82, 2.24) is 0 Å². The van der Waals surface area contributed by atoms with E-state index in [2.05, 4.69) is 205 Å². The van der Waals surface area contributed by atoms with Gasteiger partial charge in [-0.2, -0.15) is 4.58 Å². The van der Waals surface area contributed by atoms with E-state index in [1.54, 1.807) is 0 Å². The molecule has 1 atom stereocenters. The van der Waals surface area contributed by atoms with Gasteiger partial charge >= 0.3 is 5.97 Å². The van der Waals surface area contributed by atoms with Crippen LogP contribution in [0.25, 0.3) is 21.5 Å². The summed E-state index contributed by atoms with van der Waals surface area (Å²) in [6, 6.07) is 57.9. The van der Waals surface area contributed by atoms with Gasteiger partial charge in [-0.3, -0.25) is 9.59 Å². The average molecular weight is 828 g/mol. The number of fused-ring (bicyclic) bond motifs is 6. The predicted octanol–water partition coefficient (Wildman–Crippen LogP) is 11.5. The number of rotatable bonds is 16. The number of nitrogens with zero attached hydrogens (tertiary/aromatic N) is 2. The summed E-state index contributed by atoms with van der Waals surface area (Å²) in [5.41, 5.74) is 9.58. The Morgan fingerprint density at radius 1 is 0.651 bits per heavy atom. The van der Waals surface area contributed by atoms with Crippen molar-refractivity contribution in [2.75, 3.05) is 24.6 Å². The number of anilines is 1. The van der Waals surface area contributed by atoms with E-state index in [0.29, 0.717) is 19.6 Å². The molecule has 1 N–H and O–H groups in total. The molecule has 0 amide bonds. The summed E-state index contributed by atoms with van der Waals surface area (Å²) in [5.74, 6) is -0.827. The number of carboxylic acids is 1. The third-order valence-corrected chi connectivity index (χ3v) is 12.9. The van der Waals surface area contributed by atoms with E-state index in [1.165, 1.54) is 44.0 Å². The number of allylic oxidation sites excluding steroid dienone is 6. The van der Waals surface area contributed by atoms with Crippen LogP contribution in [0, 0.1) is 0 Å². The Morgan fingerprint density at radius 2 is 1.21 bits per heavy atom. The van der Waals surface area contributed by atoms with Gasteiger partial charge in [-0.1, -0.05) is 164 Å². The molecule has 312 valence electrons. The Hall–Kier alpha value is -7.31. The van der Waals surface area contributed by atoms with E-state index in [4.69, 9.17) is 4.74 Å². The van der Waals surface area contributed by atoms with E-state index in [9.17, 15) is 14.7 Å². The third-order valence-electron chi connectivity index (χ3n) is 12.9. The van der Waals surface area contributed by atoms with E-state index in [-0.39, 0.29) is 13.0 Å². The van der Waals surface area contributed by atoms with Gasteiger partial charge in [0.05, 0.1) is 11.8 Å². The zero-order valence-electron chi connectivity index (χ0n) is 35.6. The molecule has 0 saturated carbocycles. The lowest BCUT2D eigenvalue weighted by Crippen LogP contribution is -2.39. The molecule has 63 heavy (non-hydrogen) atoms. The Bertz CT molecular complexity index is 2870. The topological polar surface area (TPSA) is 69.9 Å². The van der Waals surface area contributed by atoms with E-state index in [1.807, 2.05) is 6.07 Å². The lowest BCUT2D eigenvalue weighted by molar-refractivity contribution is -0.440. The fourth-order valence-corrected chi connectivity index (χ4v) is 10.4. The first-order valence-corrected chi connectivity index (χ1v) is 21.8. The molecule has 0 radical (unpaired) electrons. The molecule has 0 aromatic heterocycles. The summed E-state index contributed by atoms with van der Waals surface area (Å²) in [4.78, 5) is 25.8. The van der Waals surface area contributed by atoms with E-state index >= 15 is 0 Å². The van der Waals surface area contributed by atoms with Crippen LogP contribution in [0.1, 0.15) is 41.2 Å². The largest absolute Gasteiger partial charge is 0.481 e. The highest BCUT2D eigenvalue weighted by Crippen LogP contribution is 2.53.